The zero-order valence-corrected chi connectivity index (χ0v) is 11.7. The second-order valence-electron chi connectivity index (χ2n) is 5.31. The maximum atomic E-state index is 13.8. The largest absolute Gasteiger partial charge is 0.481 e. The first kappa shape index (κ1) is 15.2. The van der Waals surface area contributed by atoms with Gasteiger partial charge in [-0.1, -0.05) is 13.0 Å². The number of carbonyl (C=O) groups excluding carboxylic acids is 1. The van der Waals surface area contributed by atoms with Crippen LogP contribution in [0.25, 0.3) is 0 Å². The summed E-state index contributed by atoms with van der Waals surface area (Å²) in [7, 11) is 0. The van der Waals surface area contributed by atoms with Crippen LogP contribution in [-0.2, 0) is 4.79 Å². The third-order valence-electron chi connectivity index (χ3n) is 3.73. The summed E-state index contributed by atoms with van der Waals surface area (Å²) in [5, 5.41) is 11.2. The van der Waals surface area contributed by atoms with Gasteiger partial charge in [0.2, 0.25) is 0 Å². The van der Waals surface area contributed by atoms with Crippen molar-refractivity contribution in [2.75, 3.05) is 18.4 Å². The van der Waals surface area contributed by atoms with Crippen LogP contribution >= 0.6 is 0 Å². The first-order chi connectivity index (χ1) is 9.81. The molecule has 0 saturated carbocycles. The molecule has 1 saturated heterocycles. The predicted molar refractivity (Wildman–Crippen MR) is 72.0 cm³/mol. The minimum atomic E-state index is -0.981. The number of rotatable bonds is 2. The molecule has 1 aliphatic rings. The van der Waals surface area contributed by atoms with Gasteiger partial charge in [0.25, 0.3) is 0 Å². The predicted octanol–water partition coefficient (Wildman–Crippen LogP) is 2.46. The van der Waals surface area contributed by atoms with Gasteiger partial charge in [-0.05, 0) is 24.5 Å². The van der Waals surface area contributed by atoms with Crippen LogP contribution in [0.2, 0.25) is 0 Å². The summed E-state index contributed by atoms with van der Waals surface area (Å²) in [5.41, 5.74) is -0.295. The Labute approximate surface area is 120 Å². The molecule has 2 amide bonds. The summed E-state index contributed by atoms with van der Waals surface area (Å²) < 4.78 is 27.4. The van der Waals surface area contributed by atoms with Crippen LogP contribution in [0, 0.1) is 30.4 Å². The molecule has 1 aromatic carbocycles. The zero-order chi connectivity index (χ0) is 15.7. The van der Waals surface area contributed by atoms with E-state index in [0.29, 0.717) is 0 Å². The Morgan fingerprint density at radius 2 is 2.00 bits per heavy atom. The Hall–Kier alpha value is -2.18. The molecule has 2 atom stereocenters. The number of carbonyl (C=O) groups is 2. The average Bonchev–Trinajstić information content (AvgIpc) is 2.81. The van der Waals surface area contributed by atoms with E-state index in [2.05, 4.69) is 5.32 Å². The smallest absolute Gasteiger partial charge is 0.322 e. The third-order valence-corrected chi connectivity index (χ3v) is 3.73. The van der Waals surface area contributed by atoms with Gasteiger partial charge in [0.1, 0.15) is 11.5 Å². The van der Waals surface area contributed by atoms with Gasteiger partial charge in [-0.15, -0.1) is 0 Å². The van der Waals surface area contributed by atoms with Crippen molar-refractivity contribution in [1.82, 2.24) is 4.90 Å². The van der Waals surface area contributed by atoms with Crippen LogP contribution in [0.5, 0.6) is 0 Å². The molecule has 0 bridgehead atoms. The van der Waals surface area contributed by atoms with Gasteiger partial charge >= 0.3 is 12.0 Å². The molecule has 114 valence electrons. The molecule has 2 unspecified atom stereocenters. The molecule has 0 radical (unpaired) electrons. The van der Waals surface area contributed by atoms with Crippen LogP contribution in [0.4, 0.5) is 19.3 Å². The molecule has 0 spiro atoms. The van der Waals surface area contributed by atoms with E-state index in [1.807, 2.05) is 0 Å². The molecule has 5 nitrogen and oxygen atoms in total. The molecule has 1 aromatic rings. The van der Waals surface area contributed by atoms with Crippen molar-refractivity contribution in [1.29, 1.82) is 0 Å². The van der Waals surface area contributed by atoms with Gasteiger partial charge in [0, 0.05) is 13.1 Å². The van der Waals surface area contributed by atoms with Crippen LogP contribution in [-0.4, -0.2) is 35.1 Å². The molecule has 21 heavy (non-hydrogen) atoms. The SMILES string of the molecule is Cc1ccc(F)c(NC(=O)N2CC(C)C(C(=O)O)C2)c1F. The van der Waals surface area contributed by atoms with Gasteiger partial charge < -0.3 is 15.3 Å². The highest BCUT2D eigenvalue weighted by Gasteiger charge is 2.37. The number of anilines is 1. The molecule has 2 rings (SSSR count). The lowest BCUT2D eigenvalue weighted by atomic mass is 9.99. The van der Waals surface area contributed by atoms with Gasteiger partial charge in [0.15, 0.2) is 5.82 Å². The van der Waals surface area contributed by atoms with Crippen molar-refractivity contribution in [2.24, 2.45) is 11.8 Å². The standard InChI is InChI=1S/C14H16F2N2O3/c1-7-3-4-10(15)12(11(7)16)17-14(21)18-5-8(2)9(6-18)13(19)20/h3-4,8-9H,5-6H2,1-2H3,(H,17,21)(H,19,20). The van der Waals surface area contributed by atoms with Crippen LogP contribution in [0.15, 0.2) is 12.1 Å². The fraction of sp³-hybridized carbons (Fsp3) is 0.429. The minimum absolute atomic E-state index is 0.0252. The molecule has 1 fully saturated rings. The normalized spacial score (nSPS) is 21.4. The molecular weight excluding hydrogens is 282 g/mol. The lowest BCUT2D eigenvalue weighted by Gasteiger charge is -2.18. The lowest BCUT2D eigenvalue weighted by Crippen LogP contribution is -2.34. The number of hydrogen-bond donors (Lipinski definition) is 2. The molecule has 7 heteroatoms. The lowest BCUT2D eigenvalue weighted by molar-refractivity contribution is -0.142. The fourth-order valence-corrected chi connectivity index (χ4v) is 2.41. The number of carboxylic acid groups (broad SMARTS) is 1. The maximum Gasteiger partial charge on any atom is 0.322 e. The van der Waals surface area contributed by atoms with E-state index in [1.54, 1.807) is 6.92 Å². The number of urea groups is 1. The van der Waals surface area contributed by atoms with E-state index in [9.17, 15) is 18.4 Å². The van der Waals surface area contributed by atoms with Crippen LogP contribution in [0.3, 0.4) is 0 Å². The Kier molecular flexibility index (Phi) is 4.11. The molecule has 0 aliphatic carbocycles. The van der Waals surface area contributed by atoms with E-state index < -0.39 is 35.2 Å². The number of aliphatic carboxylic acids is 1. The molecule has 1 aliphatic heterocycles. The maximum absolute atomic E-state index is 13.8. The van der Waals surface area contributed by atoms with Crippen molar-refractivity contribution in [2.45, 2.75) is 13.8 Å². The number of nitrogens with one attached hydrogen (secondary N) is 1. The zero-order valence-electron chi connectivity index (χ0n) is 11.7. The van der Waals surface area contributed by atoms with E-state index >= 15 is 0 Å². The number of carboxylic acids is 1. The number of likely N-dealkylation sites (tertiary alicyclic amines) is 1. The number of benzene rings is 1. The number of hydrogen-bond acceptors (Lipinski definition) is 2. The Bertz CT molecular complexity index is 592. The van der Waals surface area contributed by atoms with E-state index in [-0.39, 0.29) is 24.6 Å². The Morgan fingerprint density at radius 3 is 2.57 bits per heavy atom. The average molecular weight is 298 g/mol. The molecule has 2 N–H and O–H groups in total. The van der Waals surface area contributed by atoms with Crippen LogP contribution in [0.1, 0.15) is 12.5 Å². The minimum Gasteiger partial charge on any atom is -0.481 e. The van der Waals surface area contributed by atoms with Crippen molar-refractivity contribution >= 4 is 17.7 Å². The second-order valence-corrected chi connectivity index (χ2v) is 5.31. The van der Waals surface area contributed by atoms with Gasteiger partial charge in [-0.3, -0.25) is 4.79 Å². The molecule has 1 heterocycles. The fourth-order valence-electron chi connectivity index (χ4n) is 2.41. The summed E-state index contributed by atoms with van der Waals surface area (Å²) in [5.74, 6) is -3.55. The van der Waals surface area contributed by atoms with Gasteiger partial charge in [0.05, 0.1) is 5.92 Å². The van der Waals surface area contributed by atoms with Crippen molar-refractivity contribution < 1.29 is 23.5 Å². The first-order valence-electron chi connectivity index (χ1n) is 6.54. The number of amides is 2. The monoisotopic (exact) mass is 298 g/mol. The first-order valence-corrected chi connectivity index (χ1v) is 6.54. The third kappa shape index (κ3) is 2.96. The number of aryl methyl sites for hydroxylation is 1. The van der Waals surface area contributed by atoms with Crippen molar-refractivity contribution in [3.63, 3.8) is 0 Å². The summed E-state index contributed by atoms with van der Waals surface area (Å²) in [6.07, 6.45) is 0. The number of halogens is 2. The number of nitrogens with zero attached hydrogens (tertiary/aromatic N) is 1. The topological polar surface area (TPSA) is 69.6 Å². The van der Waals surface area contributed by atoms with Crippen molar-refractivity contribution in [3.05, 3.63) is 29.3 Å². The van der Waals surface area contributed by atoms with Gasteiger partial charge in [-0.25, -0.2) is 13.6 Å². The van der Waals surface area contributed by atoms with E-state index in [1.165, 1.54) is 17.9 Å². The molecule has 0 aromatic heterocycles. The highest BCUT2D eigenvalue weighted by Crippen LogP contribution is 2.26. The van der Waals surface area contributed by atoms with Gasteiger partial charge in [-0.2, -0.15) is 0 Å². The summed E-state index contributed by atoms with van der Waals surface area (Å²) >= 11 is 0. The summed E-state index contributed by atoms with van der Waals surface area (Å²) in [6.45, 7) is 3.44. The van der Waals surface area contributed by atoms with Crippen LogP contribution < -0.4 is 5.32 Å². The quantitative estimate of drug-likeness (QED) is 0.881. The Morgan fingerprint density at radius 1 is 1.33 bits per heavy atom. The second kappa shape index (κ2) is 5.67. The van der Waals surface area contributed by atoms with E-state index in [4.69, 9.17) is 5.11 Å². The van der Waals surface area contributed by atoms with Crippen molar-refractivity contribution in [3.8, 4) is 0 Å². The summed E-state index contributed by atoms with van der Waals surface area (Å²) in [4.78, 5) is 24.3. The Balaban J connectivity index is 2.13. The highest BCUT2D eigenvalue weighted by molar-refractivity contribution is 5.90. The van der Waals surface area contributed by atoms with E-state index in [0.717, 1.165) is 6.07 Å². The summed E-state index contributed by atoms with van der Waals surface area (Å²) in [6, 6.07) is 1.65. The highest BCUT2D eigenvalue weighted by atomic mass is 19.1. The molecular formula is C14H16F2N2O3.